The second kappa shape index (κ2) is 5.77. The highest BCUT2D eigenvalue weighted by molar-refractivity contribution is 5.93. The van der Waals surface area contributed by atoms with E-state index in [0.29, 0.717) is 24.5 Å². The van der Waals surface area contributed by atoms with Crippen LogP contribution in [-0.4, -0.2) is 22.4 Å². The third-order valence-corrected chi connectivity index (χ3v) is 3.16. The highest BCUT2D eigenvalue weighted by atomic mass is 19.1. The van der Waals surface area contributed by atoms with Gasteiger partial charge in [0.15, 0.2) is 0 Å². The molecule has 1 aromatic heterocycles. The van der Waals surface area contributed by atoms with Gasteiger partial charge in [-0.05, 0) is 30.7 Å². The Morgan fingerprint density at radius 1 is 1.35 bits per heavy atom. The van der Waals surface area contributed by atoms with Crippen molar-refractivity contribution in [3.05, 3.63) is 53.6 Å². The van der Waals surface area contributed by atoms with E-state index in [0.717, 1.165) is 5.56 Å². The first-order valence-corrected chi connectivity index (χ1v) is 6.46. The van der Waals surface area contributed by atoms with Crippen molar-refractivity contribution in [1.82, 2.24) is 9.47 Å². The zero-order valence-electron chi connectivity index (χ0n) is 11.6. The van der Waals surface area contributed by atoms with E-state index >= 15 is 0 Å². The Balaban J connectivity index is 2.14. The normalized spacial score (nSPS) is 10.6. The minimum atomic E-state index is -0.282. The van der Waals surface area contributed by atoms with Gasteiger partial charge < -0.3 is 15.2 Å². The van der Waals surface area contributed by atoms with Gasteiger partial charge in [-0.25, -0.2) is 4.39 Å². The van der Waals surface area contributed by atoms with Gasteiger partial charge in [0, 0.05) is 26.3 Å². The van der Waals surface area contributed by atoms with E-state index in [4.69, 9.17) is 5.73 Å². The number of aromatic nitrogens is 1. The first-order valence-electron chi connectivity index (χ1n) is 6.46. The fourth-order valence-corrected chi connectivity index (χ4v) is 2.10. The minimum absolute atomic E-state index is 0.104. The second-order valence-corrected chi connectivity index (χ2v) is 4.73. The predicted octanol–water partition coefficient (Wildman–Crippen LogP) is 2.50. The van der Waals surface area contributed by atoms with Crippen LogP contribution >= 0.6 is 0 Å². The molecule has 0 radical (unpaired) electrons. The number of amides is 1. The quantitative estimate of drug-likeness (QED) is 0.932. The minimum Gasteiger partial charge on any atom is -0.397 e. The number of carbonyl (C=O) groups is 1. The maximum absolute atomic E-state index is 12.9. The van der Waals surface area contributed by atoms with Crippen molar-refractivity contribution >= 4 is 11.6 Å². The van der Waals surface area contributed by atoms with E-state index < -0.39 is 0 Å². The number of nitrogens with zero attached hydrogens (tertiary/aromatic N) is 2. The summed E-state index contributed by atoms with van der Waals surface area (Å²) >= 11 is 0. The molecule has 2 aromatic rings. The molecule has 0 aliphatic carbocycles. The summed E-state index contributed by atoms with van der Waals surface area (Å²) in [5.41, 5.74) is 7.75. The van der Waals surface area contributed by atoms with E-state index in [-0.39, 0.29) is 11.7 Å². The molecule has 5 heteroatoms. The molecule has 0 spiro atoms. The summed E-state index contributed by atoms with van der Waals surface area (Å²) in [4.78, 5) is 14.0. The predicted molar refractivity (Wildman–Crippen MR) is 76.7 cm³/mol. The third kappa shape index (κ3) is 2.99. The number of benzene rings is 1. The SMILES string of the molecule is CCn1cc(N)cc1C(=O)N(C)Cc1ccc(F)cc1. The van der Waals surface area contributed by atoms with Gasteiger partial charge in [0.25, 0.3) is 5.91 Å². The van der Waals surface area contributed by atoms with Crippen LogP contribution in [-0.2, 0) is 13.1 Å². The van der Waals surface area contributed by atoms with Crippen LogP contribution in [0.5, 0.6) is 0 Å². The van der Waals surface area contributed by atoms with Gasteiger partial charge in [-0.2, -0.15) is 0 Å². The molecule has 0 fully saturated rings. The Morgan fingerprint density at radius 2 is 2.00 bits per heavy atom. The number of anilines is 1. The zero-order valence-corrected chi connectivity index (χ0v) is 11.6. The number of rotatable bonds is 4. The molecule has 20 heavy (non-hydrogen) atoms. The fraction of sp³-hybridized carbons (Fsp3) is 0.267. The molecule has 0 bridgehead atoms. The Labute approximate surface area is 117 Å². The topological polar surface area (TPSA) is 51.3 Å². The van der Waals surface area contributed by atoms with Crippen LogP contribution in [0.1, 0.15) is 23.0 Å². The van der Waals surface area contributed by atoms with Crippen molar-refractivity contribution in [2.75, 3.05) is 12.8 Å². The molecule has 0 saturated heterocycles. The molecule has 2 rings (SSSR count). The number of hydrogen-bond donors (Lipinski definition) is 1. The second-order valence-electron chi connectivity index (χ2n) is 4.73. The lowest BCUT2D eigenvalue weighted by atomic mass is 10.2. The van der Waals surface area contributed by atoms with Crippen LogP contribution in [0.25, 0.3) is 0 Å². The van der Waals surface area contributed by atoms with Crippen LogP contribution in [0.15, 0.2) is 36.5 Å². The van der Waals surface area contributed by atoms with Crippen molar-refractivity contribution in [2.45, 2.75) is 20.0 Å². The molecule has 0 aliphatic heterocycles. The van der Waals surface area contributed by atoms with E-state index in [1.54, 1.807) is 36.3 Å². The van der Waals surface area contributed by atoms with E-state index in [1.165, 1.54) is 12.1 Å². The highest BCUT2D eigenvalue weighted by Gasteiger charge is 2.16. The molecule has 1 heterocycles. The Morgan fingerprint density at radius 3 is 2.60 bits per heavy atom. The first-order chi connectivity index (χ1) is 9.51. The number of hydrogen-bond acceptors (Lipinski definition) is 2. The van der Waals surface area contributed by atoms with Crippen molar-refractivity contribution in [3.8, 4) is 0 Å². The van der Waals surface area contributed by atoms with E-state index in [1.807, 2.05) is 11.5 Å². The van der Waals surface area contributed by atoms with Crippen LogP contribution < -0.4 is 5.73 Å². The molecule has 0 atom stereocenters. The van der Waals surface area contributed by atoms with Crippen LogP contribution in [0.4, 0.5) is 10.1 Å². The molecule has 0 unspecified atom stereocenters. The van der Waals surface area contributed by atoms with Crippen molar-refractivity contribution in [2.24, 2.45) is 0 Å². The van der Waals surface area contributed by atoms with Crippen LogP contribution in [0.3, 0.4) is 0 Å². The molecule has 1 amide bonds. The standard InChI is InChI=1S/C15H18FN3O/c1-3-19-10-13(17)8-14(19)15(20)18(2)9-11-4-6-12(16)7-5-11/h4-8,10H,3,9,17H2,1-2H3. The van der Waals surface area contributed by atoms with Gasteiger partial charge in [0.1, 0.15) is 11.5 Å². The third-order valence-electron chi connectivity index (χ3n) is 3.16. The maximum Gasteiger partial charge on any atom is 0.270 e. The molecule has 0 saturated carbocycles. The summed E-state index contributed by atoms with van der Waals surface area (Å²) in [5, 5.41) is 0. The van der Waals surface area contributed by atoms with Crippen molar-refractivity contribution < 1.29 is 9.18 Å². The molecule has 106 valence electrons. The molecule has 0 aliphatic rings. The summed E-state index contributed by atoms with van der Waals surface area (Å²) in [5.74, 6) is -0.386. The molecule has 4 nitrogen and oxygen atoms in total. The number of carbonyl (C=O) groups excluding carboxylic acids is 1. The summed E-state index contributed by atoms with van der Waals surface area (Å²) in [6.07, 6.45) is 1.75. The van der Waals surface area contributed by atoms with E-state index in [9.17, 15) is 9.18 Å². The summed E-state index contributed by atoms with van der Waals surface area (Å²) < 4.78 is 14.7. The number of halogens is 1. The average molecular weight is 275 g/mol. The smallest absolute Gasteiger partial charge is 0.270 e. The summed E-state index contributed by atoms with van der Waals surface area (Å²) in [6.45, 7) is 3.06. The highest BCUT2D eigenvalue weighted by Crippen LogP contribution is 2.14. The molecule has 1 aromatic carbocycles. The van der Waals surface area contributed by atoms with Crippen LogP contribution in [0.2, 0.25) is 0 Å². The first kappa shape index (κ1) is 14.1. The molecular formula is C15H18FN3O. The lowest BCUT2D eigenvalue weighted by molar-refractivity contribution is 0.0774. The van der Waals surface area contributed by atoms with Crippen molar-refractivity contribution in [3.63, 3.8) is 0 Å². The van der Waals surface area contributed by atoms with E-state index in [2.05, 4.69) is 0 Å². The zero-order chi connectivity index (χ0) is 14.7. The summed E-state index contributed by atoms with van der Waals surface area (Å²) in [7, 11) is 1.72. The van der Waals surface area contributed by atoms with Gasteiger partial charge in [-0.1, -0.05) is 12.1 Å². The van der Waals surface area contributed by atoms with Gasteiger partial charge in [0.05, 0.1) is 5.69 Å². The Bertz CT molecular complexity index is 604. The van der Waals surface area contributed by atoms with Gasteiger partial charge in [0.2, 0.25) is 0 Å². The van der Waals surface area contributed by atoms with Crippen molar-refractivity contribution in [1.29, 1.82) is 0 Å². The molecule has 2 N–H and O–H groups in total. The Kier molecular flexibility index (Phi) is 4.08. The maximum atomic E-state index is 12.9. The number of nitrogens with two attached hydrogens (primary N) is 1. The van der Waals surface area contributed by atoms with Crippen LogP contribution in [0, 0.1) is 5.82 Å². The van der Waals surface area contributed by atoms with Gasteiger partial charge in [-0.3, -0.25) is 4.79 Å². The Hall–Kier alpha value is -2.30. The lowest BCUT2D eigenvalue weighted by Crippen LogP contribution is -2.28. The largest absolute Gasteiger partial charge is 0.397 e. The lowest BCUT2D eigenvalue weighted by Gasteiger charge is -2.18. The molecular weight excluding hydrogens is 257 g/mol. The summed E-state index contributed by atoms with van der Waals surface area (Å²) in [6, 6.07) is 7.80. The van der Waals surface area contributed by atoms with Gasteiger partial charge in [-0.15, -0.1) is 0 Å². The monoisotopic (exact) mass is 275 g/mol. The number of nitrogen functional groups attached to an aromatic ring is 1. The number of aryl methyl sites for hydroxylation is 1. The average Bonchev–Trinajstić information content (AvgIpc) is 2.81. The van der Waals surface area contributed by atoms with Gasteiger partial charge >= 0.3 is 0 Å². The fourth-order valence-electron chi connectivity index (χ4n) is 2.10.